The van der Waals surface area contributed by atoms with E-state index < -0.39 is 0 Å². The van der Waals surface area contributed by atoms with E-state index in [0.717, 1.165) is 105 Å². The molecule has 0 aliphatic heterocycles. The molecule has 12 aliphatic rings. The third-order valence-corrected chi connectivity index (χ3v) is 24.2. The van der Waals surface area contributed by atoms with E-state index in [-0.39, 0.29) is 58.3 Å². The van der Waals surface area contributed by atoms with Gasteiger partial charge in [0.05, 0.1) is 36.6 Å². The van der Waals surface area contributed by atoms with E-state index in [1.165, 1.54) is 89.9 Å². The lowest BCUT2D eigenvalue weighted by Crippen LogP contribution is -2.53. The highest BCUT2D eigenvalue weighted by molar-refractivity contribution is 5.27. The van der Waals surface area contributed by atoms with Gasteiger partial charge in [-0.15, -0.1) is 0 Å². The van der Waals surface area contributed by atoms with Crippen LogP contribution < -0.4 is 0 Å². The number of aliphatic hydroxyl groups is 6. The van der Waals surface area contributed by atoms with Crippen molar-refractivity contribution >= 4 is 0 Å². The van der Waals surface area contributed by atoms with Crippen molar-refractivity contribution in [3.63, 3.8) is 0 Å². The van der Waals surface area contributed by atoms with E-state index in [1.807, 2.05) is 0 Å². The van der Waals surface area contributed by atoms with Gasteiger partial charge in [0.25, 0.3) is 0 Å². The minimum Gasteiger partial charge on any atom is -0.393 e. The van der Waals surface area contributed by atoms with Gasteiger partial charge in [0.15, 0.2) is 0 Å². The Labute approximate surface area is 382 Å². The largest absolute Gasteiger partial charge is 0.393 e. The van der Waals surface area contributed by atoms with Crippen molar-refractivity contribution in [2.45, 2.75) is 226 Å². The van der Waals surface area contributed by atoms with Crippen molar-refractivity contribution in [3.8, 4) is 0 Å². The highest BCUT2D eigenvalue weighted by atomic mass is 16.3. The predicted molar refractivity (Wildman–Crippen MR) is 251 cm³/mol. The zero-order valence-corrected chi connectivity index (χ0v) is 40.5. The average Bonchev–Trinajstić information content (AvgIpc) is 3.86. The molecule has 0 bridgehead atoms. The minimum absolute atomic E-state index is 0.0682. The third-order valence-electron chi connectivity index (χ3n) is 24.2. The Morgan fingerprint density at radius 3 is 1.60 bits per heavy atom. The van der Waals surface area contributed by atoms with Crippen molar-refractivity contribution in [2.24, 2.45) is 91.7 Å². The lowest BCUT2D eigenvalue weighted by atomic mass is 9.46. The van der Waals surface area contributed by atoms with Gasteiger partial charge in [-0.25, -0.2) is 0 Å². The predicted octanol–water partition coefficient (Wildman–Crippen LogP) is 10.9. The fraction of sp³-hybridized carbons (Fsp3) is 0.895. The molecule has 0 saturated heterocycles. The molecule has 22 atom stereocenters. The van der Waals surface area contributed by atoms with Gasteiger partial charge in [0.2, 0.25) is 0 Å². The molecule has 6 N–H and O–H groups in total. The van der Waals surface area contributed by atoms with Crippen molar-refractivity contribution in [2.75, 3.05) is 0 Å². The second-order valence-electron chi connectivity index (χ2n) is 26.4. The molecule has 354 valence electrons. The lowest BCUT2D eigenvalue weighted by molar-refractivity contribution is -0.0994. The van der Waals surface area contributed by atoms with Crippen LogP contribution in [0.5, 0.6) is 0 Å². The molecule has 12 rings (SSSR count). The first kappa shape index (κ1) is 45.7. The topological polar surface area (TPSA) is 121 Å². The van der Waals surface area contributed by atoms with E-state index >= 15 is 0 Å². The molecule has 0 radical (unpaired) electrons. The molecule has 9 saturated carbocycles. The highest BCUT2D eigenvalue weighted by Gasteiger charge is 2.62. The Morgan fingerprint density at radius 1 is 0.460 bits per heavy atom. The minimum atomic E-state index is -0.221. The maximum atomic E-state index is 10.5. The molecule has 0 aromatic rings. The maximum absolute atomic E-state index is 10.5. The molecule has 63 heavy (non-hydrogen) atoms. The van der Waals surface area contributed by atoms with Crippen LogP contribution in [0.1, 0.15) is 189 Å². The van der Waals surface area contributed by atoms with Crippen molar-refractivity contribution < 1.29 is 30.6 Å². The Balaban J connectivity index is 0.000000112. The summed E-state index contributed by atoms with van der Waals surface area (Å²) in [6.07, 6.45) is 34.8. The summed E-state index contributed by atoms with van der Waals surface area (Å²) >= 11 is 0. The summed E-state index contributed by atoms with van der Waals surface area (Å²) < 4.78 is 0. The number of fused-ring (bicyclic) bond motifs is 15. The monoisotopic (exact) mass is 871 g/mol. The van der Waals surface area contributed by atoms with Crippen LogP contribution in [0, 0.1) is 91.7 Å². The van der Waals surface area contributed by atoms with Gasteiger partial charge < -0.3 is 30.6 Å². The van der Waals surface area contributed by atoms with Crippen molar-refractivity contribution in [3.05, 3.63) is 35.5 Å². The number of hydrogen-bond acceptors (Lipinski definition) is 6. The molecule has 6 nitrogen and oxygen atoms in total. The summed E-state index contributed by atoms with van der Waals surface area (Å²) in [7, 11) is 0. The molecule has 9 fully saturated rings. The van der Waals surface area contributed by atoms with E-state index in [1.54, 1.807) is 11.1 Å². The summed E-state index contributed by atoms with van der Waals surface area (Å²) in [6.45, 7) is 14.4. The normalized spacial score (nSPS) is 57.2. The quantitative estimate of drug-likeness (QED) is 0.135. The van der Waals surface area contributed by atoms with Gasteiger partial charge in [-0.2, -0.15) is 0 Å². The third kappa shape index (κ3) is 7.09. The number of allylic oxidation sites excluding steroid dienone is 3. The number of aliphatic hydroxyl groups excluding tert-OH is 6. The molecule has 12 aliphatic carbocycles. The van der Waals surface area contributed by atoms with Crippen LogP contribution in [0.4, 0.5) is 0 Å². The Kier molecular flexibility index (Phi) is 11.8. The number of hydrogen-bond donors (Lipinski definition) is 6. The average molecular weight is 871 g/mol. The molecule has 0 aromatic carbocycles. The van der Waals surface area contributed by atoms with Crippen molar-refractivity contribution in [1.29, 1.82) is 0 Å². The Morgan fingerprint density at radius 2 is 0.984 bits per heavy atom. The Hall–Kier alpha value is -1.02. The second kappa shape index (κ2) is 16.3. The molecule has 0 aromatic heterocycles. The molecule has 0 spiro atoms. The van der Waals surface area contributed by atoms with Gasteiger partial charge in [0, 0.05) is 0 Å². The first-order valence-electron chi connectivity index (χ1n) is 27.0. The van der Waals surface area contributed by atoms with Gasteiger partial charge in [-0.05, 0) is 239 Å². The van der Waals surface area contributed by atoms with Gasteiger partial charge in [-0.1, -0.05) is 77.0 Å². The smallest absolute Gasteiger partial charge is 0.0724 e. The summed E-state index contributed by atoms with van der Waals surface area (Å²) in [5.41, 5.74) is 4.59. The zero-order valence-electron chi connectivity index (χ0n) is 40.5. The van der Waals surface area contributed by atoms with Crippen LogP contribution in [-0.2, 0) is 0 Å². The molecule has 0 heterocycles. The highest BCUT2D eigenvalue weighted by Crippen LogP contribution is 2.68. The SMILES string of the molecule is C[C@]12CC[C@H]3[C@@H](CC=C4C[C@@H](O)CC[C@@]43C)[C@@H]1CC[C@@H]2O.C[C@]12CC[C@H]3[C@@H](CCC4=C[C@@H](O)CC[C@@]43C)[C@@H]1CC[C@@H]2O.C[C@]12CC[C@H]3[C@@H](CCC4C[C@H](O)C=C[C@@]43C)[C@@H]1CC[C@@H]2O. The molecule has 1 unspecified atom stereocenters. The maximum Gasteiger partial charge on any atom is 0.0724 e. The van der Waals surface area contributed by atoms with Crippen LogP contribution in [-0.4, -0.2) is 67.3 Å². The fourth-order valence-electron chi connectivity index (χ4n) is 20.1. The molecular formula is C57H90O6. The summed E-state index contributed by atoms with van der Waals surface area (Å²) in [4.78, 5) is 0. The molecule has 0 amide bonds. The molecular weight excluding hydrogens is 781 g/mol. The second-order valence-corrected chi connectivity index (χ2v) is 26.4. The van der Waals surface area contributed by atoms with Gasteiger partial charge in [-0.3, -0.25) is 0 Å². The van der Waals surface area contributed by atoms with Gasteiger partial charge >= 0.3 is 0 Å². The zero-order chi connectivity index (χ0) is 44.5. The van der Waals surface area contributed by atoms with Gasteiger partial charge in [0.1, 0.15) is 0 Å². The van der Waals surface area contributed by atoms with Crippen LogP contribution in [0.2, 0.25) is 0 Å². The van der Waals surface area contributed by atoms with E-state index in [0.29, 0.717) is 22.7 Å². The Bertz CT molecular complexity index is 1760. The standard InChI is InChI=1S/3C19H30O2/c3*1-18-9-7-13(20)11-12(18)3-4-14-15-5-6-17(21)19(15,2)10-8-16(14)18/h11,13-17,20-21H,3-10H2,1-2H3;7,9,12-17,20-21H,3-6,8,10-11H2,1-2H3;3,13-17,20-21H,4-11H2,1-2H3/t13-,14-,15-,16-,17-,18-,19-;12?,13-,14+,15+,16+,17+,18+,19+;13-,14-,15-,16-,17-,18-,19-/m010/s1. The van der Waals surface area contributed by atoms with Crippen LogP contribution >= 0.6 is 0 Å². The number of rotatable bonds is 0. The van der Waals surface area contributed by atoms with Crippen LogP contribution in [0.3, 0.4) is 0 Å². The summed E-state index contributed by atoms with van der Waals surface area (Å²) in [6, 6.07) is 0. The van der Waals surface area contributed by atoms with E-state index in [4.69, 9.17) is 0 Å². The first-order valence-corrected chi connectivity index (χ1v) is 27.0. The lowest BCUT2D eigenvalue weighted by Gasteiger charge is -2.59. The summed E-state index contributed by atoms with van der Waals surface area (Å²) in [5.74, 6) is 7.54. The van der Waals surface area contributed by atoms with Crippen LogP contribution in [0.15, 0.2) is 35.5 Å². The van der Waals surface area contributed by atoms with E-state index in [9.17, 15) is 30.6 Å². The molecule has 6 heteroatoms. The fourth-order valence-corrected chi connectivity index (χ4v) is 20.1. The summed E-state index contributed by atoms with van der Waals surface area (Å²) in [5, 5.41) is 61.3. The van der Waals surface area contributed by atoms with Crippen molar-refractivity contribution in [1.82, 2.24) is 0 Å². The first-order chi connectivity index (χ1) is 29.8. The van der Waals surface area contributed by atoms with E-state index in [2.05, 4.69) is 65.8 Å². The van der Waals surface area contributed by atoms with Crippen LogP contribution in [0.25, 0.3) is 0 Å².